The molecule has 6 heteroatoms. The number of nitrogens with zero attached hydrogens (tertiary/aromatic N) is 2. The summed E-state index contributed by atoms with van der Waals surface area (Å²) in [6.45, 7) is 3.36. The fraction of sp³-hybridized carbons (Fsp3) is 0.438. The number of amides is 1. The van der Waals surface area contributed by atoms with E-state index in [1.54, 1.807) is 0 Å². The largest absolute Gasteiger partial charge is 0.370 e. The van der Waals surface area contributed by atoms with E-state index in [-0.39, 0.29) is 5.91 Å². The summed E-state index contributed by atoms with van der Waals surface area (Å²) >= 11 is 1.46. The van der Waals surface area contributed by atoms with Crippen LogP contribution >= 0.6 is 11.3 Å². The predicted molar refractivity (Wildman–Crippen MR) is 88.5 cm³/mol. The first kappa shape index (κ1) is 15.0. The number of aryl methyl sites for hydroxylation is 1. The molecule has 2 N–H and O–H groups in total. The molecule has 116 valence electrons. The standard InChI is InChI=1S/C16H20N4OS/c1-11-19-10-13(12-5-6-12)15(20-11)17-7-3-8-18-16(21)14-4-2-9-22-14/h2,4,9-10,12H,3,5-8H2,1H3,(H,18,21)(H,17,19,20). The minimum Gasteiger partial charge on any atom is -0.370 e. The van der Waals surface area contributed by atoms with E-state index in [4.69, 9.17) is 0 Å². The molecule has 0 aliphatic heterocycles. The normalized spacial score (nSPS) is 13.9. The third-order valence-electron chi connectivity index (χ3n) is 3.63. The summed E-state index contributed by atoms with van der Waals surface area (Å²) in [7, 11) is 0. The first-order valence-corrected chi connectivity index (χ1v) is 8.51. The number of hydrogen-bond donors (Lipinski definition) is 2. The van der Waals surface area contributed by atoms with Gasteiger partial charge in [0.15, 0.2) is 0 Å². The second kappa shape index (κ2) is 6.87. The predicted octanol–water partition coefficient (Wildman–Crippen LogP) is 2.96. The lowest BCUT2D eigenvalue weighted by Gasteiger charge is -2.11. The number of thiophene rings is 1. The number of carbonyl (C=O) groups excluding carboxylic acids is 1. The van der Waals surface area contributed by atoms with E-state index in [9.17, 15) is 4.79 Å². The molecule has 0 saturated heterocycles. The molecule has 2 aromatic heterocycles. The van der Waals surface area contributed by atoms with Crippen molar-refractivity contribution in [1.29, 1.82) is 0 Å². The van der Waals surface area contributed by atoms with Gasteiger partial charge in [-0.1, -0.05) is 6.07 Å². The number of nitrogens with one attached hydrogen (secondary N) is 2. The molecule has 0 radical (unpaired) electrons. The molecule has 3 rings (SSSR count). The van der Waals surface area contributed by atoms with E-state index in [1.807, 2.05) is 30.6 Å². The van der Waals surface area contributed by atoms with Crippen molar-refractivity contribution in [1.82, 2.24) is 15.3 Å². The van der Waals surface area contributed by atoms with Gasteiger partial charge in [0.2, 0.25) is 0 Å². The Morgan fingerprint density at radius 1 is 1.41 bits per heavy atom. The number of carbonyl (C=O) groups is 1. The molecule has 5 nitrogen and oxygen atoms in total. The van der Waals surface area contributed by atoms with Crippen LogP contribution in [0.25, 0.3) is 0 Å². The van der Waals surface area contributed by atoms with Gasteiger partial charge in [-0.25, -0.2) is 9.97 Å². The van der Waals surface area contributed by atoms with E-state index in [2.05, 4.69) is 20.6 Å². The molecular formula is C16H20N4OS. The number of hydrogen-bond acceptors (Lipinski definition) is 5. The van der Waals surface area contributed by atoms with E-state index >= 15 is 0 Å². The Bertz CT molecular complexity index is 638. The summed E-state index contributed by atoms with van der Waals surface area (Å²) in [6.07, 6.45) is 5.28. The van der Waals surface area contributed by atoms with Gasteiger partial charge in [-0.2, -0.15) is 0 Å². The Balaban J connectivity index is 1.43. The van der Waals surface area contributed by atoms with Gasteiger partial charge >= 0.3 is 0 Å². The number of aromatic nitrogens is 2. The average molecular weight is 316 g/mol. The van der Waals surface area contributed by atoms with Crippen molar-refractivity contribution in [3.63, 3.8) is 0 Å². The summed E-state index contributed by atoms with van der Waals surface area (Å²) in [5.74, 6) is 2.38. The van der Waals surface area contributed by atoms with Gasteiger partial charge in [0, 0.05) is 24.8 Å². The zero-order chi connectivity index (χ0) is 15.4. The molecular weight excluding hydrogens is 296 g/mol. The van der Waals surface area contributed by atoms with Crippen molar-refractivity contribution in [3.8, 4) is 0 Å². The van der Waals surface area contributed by atoms with Crippen LogP contribution in [0.2, 0.25) is 0 Å². The number of anilines is 1. The maximum atomic E-state index is 11.8. The third kappa shape index (κ3) is 3.82. The Morgan fingerprint density at radius 3 is 3.00 bits per heavy atom. The van der Waals surface area contributed by atoms with Gasteiger partial charge in [-0.15, -0.1) is 11.3 Å². The lowest BCUT2D eigenvalue weighted by molar-refractivity contribution is 0.0957. The summed E-state index contributed by atoms with van der Waals surface area (Å²) in [6, 6.07) is 3.72. The fourth-order valence-corrected chi connectivity index (χ4v) is 2.95. The highest BCUT2D eigenvalue weighted by Gasteiger charge is 2.27. The van der Waals surface area contributed by atoms with Gasteiger partial charge in [-0.05, 0) is 43.6 Å². The van der Waals surface area contributed by atoms with Crippen molar-refractivity contribution in [2.75, 3.05) is 18.4 Å². The third-order valence-corrected chi connectivity index (χ3v) is 4.50. The van der Waals surface area contributed by atoms with Crippen molar-refractivity contribution in [3.05, 3.63) is 40.0 Å². The van der Waals surface area contributed by atoms with Gasteiger partial charge in [0.05, 0.1) is 4.88 Å². The Kier molecular flexibility index (Phi) is 4.68. The number of rotatable bonds is 7. The molecule has 2 heterocycles. The maximum Gasteiger partial charge on any atom is 0.261 e. The lowest BCUT2D eigenvalue weighted by atomic mass is 10.2. The van der Waals surface area contributed by atoms with Crippen molar-refractivity contribution < 1.29 is 4.79 Å². The molecule has 1 fully saturated rings. The molecule has 2 aromatic rings. The highest BCUT2D eigenvalue weighted by atomic mass is 32.1. The van der Waals surface area contributed by atoms with Crippen LogP contribution in [0, 0.1) is 6.92 Å². The van der Waals surface area contributed by atoms with E-state index in [1.165, 1.54) is 29.7 Å². The molecule has 0 aromatic carbocycles. The summed E-state index contributed by atoms with van der Waals surface area (Å²) in [5, 5.41) is 8.23. The van der Waals surface area contributed by atoms with Gasteiger partial charge in [0.1, 0.15) is 11.6 Å². The molecule has 0 unspecified atom stereocenters. The molecule has 0 bridgehead atoms. The Labute approximate surface area is 134 Å². The van der Waals surface area contributed by atoms with Gasteiger partial charge in [-0.3, -0.25) is 4.79 Å². The summed E-state index contributed by atoms with van der Waals surface area (Å²) < 4.78 is 0. The monoisotopic (exact) mass is 316 g/mol. The zero-order valence-electron chi connectivity index (χ0n) is 12.6. The average Bonchev–Trinajstić information content (AvgIpc) is 3.20. The second-order valence-electron chi connectivity index (χ2n) is 5.51. The van der Waals surface area contributed by atoms with Crippen LogP contribution in [0.4, 0.5) is 5.82 Å². The van der Waals surface area contributed by atoms with Crippen molar-refractivity contribution >= 4 is 23.1 Å². The molecule has 1 aliphatic rings. The molecule has 1 saturated carbocycles. The first-order chi connectivity index (χ1) is 10.7. The minimum atomic E-state index is 0.00606. The summed E-state index contributed by atoms with van der Waals surface area (Å²) in [4.78, 5) is 21.3. The van der Waals surface area contributed by atoms with Crippen LogP contribution in [0.3, 0.4) is 0 Å². The maximum absolute atomic E-state index is 11.8. The van der Waals surface area contributed by atoms with E-state index in [0.717, 1.165) is 29.5 Å². The molecule has 0 atom stereocenters. The Morgan fingerprint density at radius 2 is 2.27 bits per heavy atom. The molecule has 0 spiro atoms. The zero-order valence-corrected chi connectivity index (χ0v) is 13.4. The summed E-state index contributed by atoms with van der Waals surface area (Å²) in [5.41, 5.74) is 1.23. The van der Waals surface area contributed by atoms with Crippen LogP contribution < -0.4 is 10.6 Å². The molecule has 22 heavy (non-hydrogen) atoms. The van der Waals surface area contributed by atoms with Crippen LogP contribution in [0.5, 0.6) is 0 Å². The fourth-order valence-electron chi connectivity index (χ4n) is 2.31. The second-order valence-corrected chi connectivity index (χ2v) is 6.46. The van der Waals surface area contributed by atoms with Crippen molar-refractivity contribution in [2.24, 2.45) is 0 Å². The molecule has 1 aliphatic carbocycles. The van der Waals surface area contributed by atoms with Crippen LogP contribution in [-0.2, 0) is 0 Å². The quantitative estimate of drug-likeness (QED) is 0.771. The van der Waals surface area contributed by atoms with Crippen LogP contribution in [0.15, 0.2) is 23.7 Å². The topological polar surface area (TPSA) is 66.9 Å². The Hall–Kier alpha value is -1.95. The lowest BCUT2D eigenvalue weighted by Crippen LogP contribution is -2.25. The van der Waals surface area contributed by atoms with Crippen LogP contribution in [0.1, 0.15) is 46.2 Å². The van der Waals surface area contributed by atoms with Crippen LogP contribution in [-0.4, -0.2) is 29.0 Å². The first-order valence-electron chi connectivity index (χ1n) is 7.63. The van der Waals surface area contributed by atoms with Gasteiger partial charge < -0.3 is 10.6 Å². The van der Waals surface area contributed by atoms with E-state index < -0.39 is 0 Å². The minimum absolute atomic E-state index is 0.00606. The van der Waals surface area contributed by atoms with E-state index in [0.29, 0.717) is 12.5 Å². The SMILES string of the molecule is Cc1ncc(C2CC2)c(NCCCNC(=O)c2cccs2)n1. The highest BCUT2D eigenvalue weighted by molar-refractivity contribution is 7.12. The molecule has 1 amide bonds. The smallest absolute Gasteiger partial charge is 0.261 e. The van der Waals surface area contributed by atoms with Crippen molar-refractivity contribution in [2.45, 2.75) is 32.1 Å². The van der Waals surface area contributed by atoms with Gasteiger partial charge in [0.25, 0.3) is 5.91 Å². The highest BCUT2D eigenvalue weighted by Crippen LogP contribution is 2.42.